The summed E-state index contributed by atoms with van der Waals surface area (Å²) in [5, 5.41) is 10.6. The van der Waals surface area contributed by atoms with Gasteiger partial charge < -0.3 is 16.4 Å². The molecule has 0 saturated heterocycles. The van der Waals surface area contributed by atoms with Crippen molar-refractivity contribution in [1.29, 1.82) is 0 Å². The Bertz CT molecular complexity index is 800. The second-order valence-electron chi connectivity index (χ2n) is 5.52. The van der Waals surface area contributed by atoms with Crippen LogP contribution in [0.1, 0.15) is 17.4 Å². The fourth-order valence-electron chi connectivity index (χ4n) is 2.29. The molecule has 3 heterocycles. The third-order valence-electron chi connectivity index (χ3n) is 3.46. The van der Waals surface area contributed by atoms with Crippen molar-refractivity contribution in [2.75, 3.05) is 17.2 Å². The normalized spacial score (nSPS) is 12.0. The summed E-state index contributed by atoms with van der Waals surface area (Å²) < 4.78 is 1.12. The number of fused-ring (bicyclic) bond motifs is 1. The van der Waals surface area contributed by atoms with Gasteiger partial charge in [0.25, 0.3) is 0 Å². The van der Waals surface area contributed by atoms with Crippen LogP contribution in [-0.4, -0.2) is 17.6 Å². The zero-order valence-corrected chi connectivity index (χ0v) is 16.6. The Morgan fingerprint density at radius 1 is 1.38 bits per heavy atom. The third kappa shape index (κ3) is 4.32. The monoisotopic (exact) mass is 402 g/mol. The average molecular weight is 403 g/mol. The van der Waals surface area contributed by atoms with Gasteiger partial charge in [-0.3, -0.25) is 0 Å². The smallest absolute Gasteiger partial charge is 0.131 e. The Balaban J connectivity index is 0.00000208. The molecule has 4 N–H and O–H groups in total. The molecule has 0 fully saturated rings. The Morgan fingerprint density at radius 3 is 2.83 bits per heavy atom. The molecule has 0 unspecified atom stereocenters. The molecule has 0 aromatic carbocycles. The van der Waals surface area contributed by atoms with E-state index in [1.165, 1.54) is 4.88 Å². The first-order chi connectivity index (χ1) is 11.0. The lowest BCUT2D eigenvalue weighted by Gasteiger charge is -2.07. The van der Waals surface area contributed by atoms with Crippen LogP contribution in [0.4, 0.5) is 10.7 Å². The summed E-state index contributed by atoms with van der Waals surface area (Å²) >= 11 is 9.64. The number of hydrogen-bond donors (Lipinski definition) is 3. The minimum absolute atomic E-state index is 0. The van der Waals surface area contributed by atoms with Gasteiger partial charge in [-0.05, 0) is 25.3 Å². The molecule has 3 aromatic heterocycles. The number of halogens is 2. The molecule has 4 nitrogen and oxygen atoms in total. The molecule has 3 aromatic rings. The number of nitrogens with one attached hydrogen (secondary N) is 2. The van der Waals surface area contributed by atoms with E-state index >= 15 is 0 Å². The van der Waals surface area contributed by atoms with Gasteiger partial charge in [0.15, 0.2) is 0 Å². The van der Waals surface area contributed by atoms with Crippen molar-refractivity contribution in [3.05, 3.63) is 39.2 Å². The van der Waals surface area contributed by atoms with E-state index in [-0.39, 0.29) is 18.4 Å². The number of rotatable bonds is 6. The van der Waals surface area contributed by atoms with Crippen molar-refractivity contribution in [2.45, 2.75) is 26.4 Å². The maximum Gasteiger partial charge on any atom is 0.131 e. The number of aryl methyl sites for hydroxylation is 1. The molecule has 130 valence electrons. The van der Waals surface area contributed by atoms with Crippen LogP contribution in [0, 0.1) is 6.92 Å². The number of hydrogen-bond acceptors (Lipinski definition) is 6. The topological polar surface area (TPSA) is 63.0 Å². The minimum atomic E-state index is 0. The quantitative estimate of drug-likeness (QED) is 0.501. The van der Waals surface area contributed by atoms with Crippen LogP contribution in [0.3, 0.4) is 0 Å². The molecule has 1 atom stereocenters. The maximum absolute atomic E-state index is 6.21. The van der Waals surface area contributed by atoms with E-state index in [1.807, 2.05) is 13.0 Å². The number of nitrogens with two attached hydrogens (primary N) is 1. The lowest BCUT2D eigenvalue weighted by molar-refractivity contribution is 0.781. The summed E-state index contributed by atoms with van der Waals surface area (Å²) in [5.41, 5.74) is 8.92. The van der Waals surface area contributed by atoms with Crippen LogP contribution in [0.15, 0.2) is 23.6 Å². The Morgan fingerprint density at radius 2 is 2.17 bits per heavy atom. The van der Waals surface area contributed by atoms with Gasteiger partial charge in [-0.1, -0.05) is 17.7 Å². The molecule has 0 aliphatic heterocycles. The summed E-state index contributed by atoms with van der Waals surface area (Å²) in [4.78, 5) is 5.78. The van der Waals surface area contributed by atoms with Crippen molar-refractivity contribution < 1.29 is 0 Å². The van der Waals surface area contributed by atoms with Crippen LogP contribution in [-0.2, 0) is 6.54 Å². The lowest BCUT2D eigenvalue weighted by Crippen LogP contribution is -2.25. The van der Waals surface area contributed by atoms with E-state index in [0.717, 1.165) is 39.6 Å². The molecule has 0 aliphatic carbocycles. The van der Waals surface area contributed by atoms with Crippen LogP contribution >= 0.6 is 46.7 Å². The molecule has 3 rings (SSSR count). The number of nitrogens with zero attached hydrogens (tertiary/aromatic N) is 1. The van der Waals surface area contributed by atoms with Crippen molar-refractivity contribution in [1.82, 2.24) is 4.98 Å². The van der Waals surface area contributed by atoms with Gasteiger partial charge >= 0.3 is 0 Å². The molecule has 0 radical (unpaired) electrons. The van der Waals surface area contributed by atoms with Crippen LogP contribution < -0.4 is 16.4 Å². The van der Waals surface area contributed by atoms with E-state index < -0.39 is 0 Å². The van der Waals surface area contributed by atoms with E-state index in [2.05, 4.69) is 40.1 Å². The first-order valence-corrected chi connectivity index (χ1v) is 9.47. The first-order valence-electron chi connectivity index (χ1n) is 7.40. The number of anilines is 2. The Hall–Kier alpha value is -1.05. The predicted molar refractivity (Wildman–Crippen MR) is 110 cm³/mol. The number of thiophene rings is 2. The summed E-state index contributed by atoms with van der Waals surface area (Å²) in [7, 11) is 0. The zero-order valence-electron chi connectivity index (χ0n) is 13.4. The molecule has 24 heavy (non-hydrogen) atoms. The van der Waals surface area contributed by atoms with Crippen LogP contribution in [0.5, 0.6) is 0 Å². The molecular weight excluding hydrogens is 383 g/mol. The standard InChI is InChI=1S/C16H19ClN4S2.ClH/c1-9(18)7-20-16-10(2)14-15(23-16)12(6-13(17)21-14)19-8-11-4-3-5-22-11;/h3-6,9,20H,7-8,18H2,1-2H3,(H,19,21);1H/t9-;/m1./s1. The third-order valence-corrected chi connectivity index (χ3v) is 5.80. The molecule has 8 heteroatoms. The number of pyridine rings is 1. The van der Waals surface area contributed by atoms with Gasteiger partial charge in [-0.25, -0.2) is 4.98 Å². The zero-order chi connectivity index (χ0) is 16.4. The molecule has 0 saturated carbocycles. The minimum Gasteiger partial charge on any atom is -0.379 e. The van der Waals surface area contributed by atoms with Gasteiger partial charge in [0.1, 0.15) is 5.15 Å². The summed E-state index contributed by atoms with van der Waals surface area (Å²) in [6.45, 7) is 5.57. The fraction of sp³-hybridized carbons (Fsp3) is 0.312. The van der Waals surface area contributed by atoms with Gasteiger partial charge in [-0.2, -0.15) is 0 Å². The molecule has 0 bridgehead atoms. The van der Waals surface area contributed by atoms with Gasteiger partial charge in [0, 0.05) is 35.6 Å². The number of aromatic nitrogens is 1. The highest BCUT2D eigenvalue weighted by Gasteiger charge is 2.14. The van der Waals surface area contributed by atoms with Gasteiger partial charge in [-0.15, -0.1) is 35.1 Å². The largest absolute Gasteiger partial charge is 0.379 e. The van der Waals surface area contributed by atoms with E-state index in [9.17, 15) is 0 Å². The summed E-state index contributed by atoms with van der Waals surface area (Å²) in [6, 6.07) is 6.17. The Labute approximate surface area is 160 Å². The van der Waals surface area contributed by atoms with Crippen molar-refractivity contribution in [2.24, 2.45) is 5.73 Å². The predicted octanol–water partition coefficient (Wildman–Crippen LogP) is 5.11. The van der Waals surface area contributed by atoms with Gasteiger partial charge in [0.2, 0.25) is 0 Å². The highest BCUT2D eigenvalue weighted by Crippen LogP contribution is 2.39. The first kappa shape index (κ1) is 19.3. The highest BCUT2D eigenvalue weighted by atomic mass is 35.5. The van der Waals surface area contributed by atoms with Crippen LogP contribution in [0.25, 0.3) is 10.2 Å². The summed E-state index contributed by atoms with van der Waals surface area (Å²) in [6.07, 6.45) is 0. The molecule has 0 spiro atoms. The lowest BCUT2D eigenvalue weighted by atomic mass is 10.2. The van der Waals surface area contributed by atoms with Crippen LogP contribution in [0.2, 0.25) is 5.15 Å². The SMILES string of the molecule is Cc1c(NC[C@@H](C)N)sc2c(NCc3cccs3)cc(Cl)nc12.Cl. The van der Waals surface area contributed by atoms with Gasteiger partial charge in [0.05, 0.1) is 20.9 Å². The molecule has 0 aliphatic rings. The summed E-state index contributed by atoms with van der Waals surface area (Å²) in [5.74, 6) is 0. The van der Waals surface area contributed by atoms with Crippen molar-refractivity contribution in [3.8, 4) is 0 Å². The van der Waals surface area contributed by atoms with Crippen molar-refractivity contribution in [3.63, 3.8) is 0 Å². The van der Waals surface area contributed by atoms with Crippen molar-refractivity contribution >= 4 is 67.6 Å². The molecular formula is C16H20Cl2N4S2. The van der Waals surface area contributed by atoms with E-state index in [0.29, 0.717) is 5.15 Å². The Kier molecular flexibility index (Phi) is 6.71. The highest BCUT2D eigenvalue weighted by molar-refractivity contribution is 7.23. The maximum atomic E-state index is 6.21. The second-order valence-corrected chi connectivity index (χ2v) is 7.96. The second kappa shape index (κ2) is 8.36. The molecule has 0 amide bonds. The van der Waals surface area contributed by atoms with E-state index in [4.69, 9.17) is 17.3 Å². The van der Waals surface area contributed by atoms with E-state index in [1.54, 1.807) is 22.7 Å². The average Bonchev–Trinajstić information content (AvgIpc) is 3.12. The fourth-order valence-corrected chi connectivity index (χ4v) is 4.28.